The lowest BCUT2D eigenvalue weighted by atomic mass is 10.2. The summed E-state index contributed by atoms with van der Waals surface area (Å²) in [7, 11) is 0. The Morgan fingerprint density at radius 2 is 1.56 bits per heavy atom. The SMILES string of the molecule is CCCc1cc(=O)n2c(C(=O)NCc3ccccc3)c(C(=O)Nc3ccc(Oc4ccccc4)cc3)sc2n1. The maximum Gasteiger partial charge on any atom is 0.270 e. The average molecular weight is 539 g/mol. The van der Waals surface area contributed by atoms with Crippen molar-refractivity contribution in [2.24, 2.45) is 0 Å². The summed E-state index contributed by atoms with van der Waals surface area (Å²) in [5, 5.41) is 5.67. The van der Waals surface area contributed by atoms with Gasteiger partial charge in [0.25, 0.3) is 17.4 Å². The van der Waals surface area contributed by atoms with Crippen LogP contribution < -0.4 is 20.9 Å². The molecule has 8 nitrogen and oxygen atoms in total. The average Bonchev–Trinajstić information content (AvgIpc) is 3.35. The third kappa shape index (κ3) is 6.05. The fraction of sp³-hybridized carbons (Fsp3) is 0.133. The Bertz CT molecular complexity index is 1660. The van der Waals surface area contributed by atoms with Crippen LogP contribution in [0.25, 0.3) is 4.96 Å². The first-order chi connectivity index (χ1) is 19.0. The van der Waals surface area contributed by atoms with E-state index in [9.17, 15) is 14.4 Å². The summed E-state index contributed by atoms with van der Waals surface area (Å²) in [6.45, 7) is 2.24. The number of hydrogen-bond acceptors (Lipinski definition) is 6. The van der Waals surface area contributed by atoms with E-state index in [-0.39, 0.29) is 17.1 Å². The molecule has 0 bridgehead atoms. The number of thiazole rings is 1. The van der Waals surface area contributed by atoms with E-state index in [2.05, 4.69) is 15.6 Å². The van der Waals surface area contributed by atoms with Crippen molar-refractivity contribution in [3.63, 3.8) is 0 Å². The lowest BCUT2D eigenvalue weighted by molar-refractivity contribution is 0.0933. The van der Waals surface area contributed by atoms with E-state index in [4.69, 9.17) is 4.74 Å². The zero-order chi connectivity index (χ0) is 27.2. The number of benzene rings is 3. The first-order valence-corrected chi connectivity index (χ1v) is 13.4. The van der Waals surface area contributed by atoms with E-state index >= 15 is 0 Å². The molecule has 9 heteroatoms. The second kappa shape index (κ2) is 11.7. The summed E-state index contributed by atoms with van der Waals surface area (Å²) < 4.78 is 7.03. The van der Waals surface area contributed by atoms with Crippen LogP contribution in [0.4, 0.5) is 5.69 Å². The molecule has 2 heterocycles. The number of nitrogens with zero attached hydrogens (tertiary/aromatic N) is 2. The van der Waals surface area contributed by atoms with Gasteiger partial charge in [-0.2, -0.15) is 0 Å². The van der Waals surface area contributed by atoms with Crippen molar-refractivity contribution in [3.8, 4) is 11.5 Å². The molecule has 5 aromatic rings. The number of ether oxygens (including phenoxy) is 1. The third-order valence-electron chi connectivity index (χ3n) is 5.89. The fourth-order valence-electron chi connectivity index (χ4n) is 4.05. The molecule has 0 fully saturated rings. The fourth-order valence-corrected chi connectivity index (χ4v) is 5.09. The molecule has 0 spiro atoms. The molecular formula is C30H26N4O4S. The Morgan fingerprint density at radius 3 is 2.26 bits per heavy atom. The van der Waals surface area contributed by atoms with Gasteiger partial charge in [0.2, 0.25) is 0 Å². The molecule has 0 unspecified atom stereocenters. The molecule has 2 amide bonds. The number of aromatic nitrogens is 2. The van der Waals surface area contributed by atoms with Crippen molar-refractivity contribution in [3.05, 3.63) is 123 Å². The zero-order valence-electron chi connectivity index (χ0n) is 21.2. The molecule has 0 radical (unpaired) electrons. The number of amides is 2. The van der Waals surface area contributed by atoms with Gasteiger partial charge in [-0.3, -0.25) is 14.4 Å². The lowest BCUT2D eigenvalue weighted by Gasteiger charge is -2.09. The molecular weight excluding hydrogens is 512 g/mol. The van der Waals surface area contributed by atoms with Gasteiger partial charge in [0, 0.05) is 24.0 Å². The van der Waals surface area contributed by atoms with Crippen LogP contribution in [0.15, 0.2) is 95.8 Å². The molecule has 2 N–H and O–H groups in total. The summed E-state index contributed by atoms with van der Waals surface area (Å²) in [5.74, 6) is 0.268. The molecule has 0 aliphatic rings. The number of aryl methyl sites for hydroxylation is 1. The van der Waals surface area contributed by atoms with Gasteiger partial charge in [0.05, 0.1) is 0 Å². The number of carbonyl (C=O) groups is 2. The molecule has 0 aliphatic carbocycles. The Kier molecular flexibility index (Phi) is 7.79. The Labute approximate surface area is 228 Å². The van der Waals surface area contributed by atoms with E-state index in [0.717, 1.165) is 23.3 Å². The van der Waals surface area contributed by atoms with Crippen molar-refractivity contribution in [2.45, 2.75) is 26.3 Å². The summed E-state index contributed by atoms with van der Waals surface area (Å²) in [6, 6.07) is 27.1. The summed E-state index contributed by atoms with van der Waals surface area (Å²) in [4.78, 5) is 44.8. The number of carbonyl (C=O) groups excluding carboxylic acids is 2. The molecule has 39 heavy (non-hydrogen) atoms. The molecule has 0 aliphatic heterocycles. The van der Waals surface area contributed by atoms with Crippen LogP contribution in [-0.4, -0.2) is 21.2 Å². The minimum atomic E-state index is -0.533. The van der Waals surface area contributed by atoms with Crippen LogP contribution in [0.1, 0.15) is 44.8 Å². The molecule has 196 valence electrons. The van der Waals surface area contributed by atoms with Gasteiger partial charge in [0.1, 0.15) is 22.1 Å². The Morgan fingerprint density at radius 1 is 0.897 bits per heavy atom. The minimum absolute atomic E-state index is 0.0342. The Balaban J connectivity index is 1.43. The number of rotatable bonds is 9. The van der Waals surface area contributed by atoms with Gasteiger partial charge in [-0.25, -0.2) is 9.38 Å². The van der Waals surface area contributed by atoms with Crippen molar-refractivity contribution >= 4 is 33.8 Å². The van der Waals surface area contributed by atoms with E-state index in [1.54, 1.807) is 24.3 Å². The third-order valence-corrected chi connectivity index (χ3v) is 6.93. The highest BCUT2D eigenvalue weighted by Crippen LogP contribution is 2.25. The number of fused-ring (bicyclic) bond motifs is 1. The van der Waals surface area contributed by atoms with Gasteiger partial charge < -0.3 is 15.4 Å². The highest BCUT2D eigenvalue weighted by atomic mass is 32.1. The summed E-state index contributed by atoms with van der Waals surface area (Å²) in [5.41, 5.74) is 1.60. The van der Waals surface area contributed by atoms with E-state index in [0.29, 0.717) is 34.3 Å². The minimum Gasteiger partial charge on any atom is -0.457 e. The second-order valence-electron chi connectivity index (χ2n) is 8.80. The topological polar surface area (TPSA) is 102 Å². The standard InChI is InChI=1S/C30H26N4O4S/c1-2-9-22-18-25(35)34-26(28(36)31-19-20-10-5-3-6-11-20)27(39-30(34)33-22)29(37)32-21-14-16-24(17-15-21)38-23-12-7-4-8-13-23/h3-8,10-18H,2,9,19H2,1H3,(H,31,36)(H,32,37). The van der Waals surface area contributed by atoms with E-state index in [1.165, 1.54) is 10.5 Å². The smallest absolute Gasteiger partial charge is 0.270 e. The number of para-hydroxylation sites is 1. The van der Waals surface area contributed by atoms with E-state index < -0.39 is 17.4 Å². The highest BCUT2D eigenvalue weighted by molar-refractivity contribution is 7.19. The van der Waals surface area contributed by atoms with Crippen LogP contribution in [0.3, 0.4) is 0 Å². The number of hydrogen-bond donors (Lipinski definition) is 2. The lowest BCUT2D eigenvalue weighted by Crippen LogP contribution is -2.30. The van der Waals surface area contributed by atoms with Crippen LogP contribution in [0, 0.1) is 0 Å². The molecule has 2 aromatic heterocycles. The van der Waals surface area contributed by atoms with Crippen LogP contribution in [0.2, 0.25) is 0 Å². The van der Waals surface area contributed by atoms with Crippen molar-refractivity contribution in [1.82, 2.24) is 14.7 Å². The van der Waals surface area contributed by atoms with E-state index in [1.807, 2.05) is 67.6 Å². The quantitative estimate of drug-likeness (QED) is 0.251. The summed E-state index contributed by atoms with van der Waals surface area (Å²) >= 11 is 1.01. The maximum atomic E-state index is 13.4. The van der Waals surface area contributed by atoms with Crippen molar-refractivity contribution in [1.29, 1.82) is 0 Å². The molecule has 0 atom stereocenters. The zero-order valence-corrected chi connectivity index (χ0v) is 22.0. The van der Waals surface area contributed by atoms with Crippen molar-refractivity contribution < 1.29 is 14.3 Å². The van der Waals surface area contributed by atoms with Gasteiger partial charge in [-0.15, -0.1) is 0 Å². The monoisotopic (exact) mass is 538 g/mol. The van der Waals surface area contributed by atoms with Gasteiger partial charge in [-0.05, 0) is 48.4 Å². The van der Waals surface area contributed by atoms with Crippen LogP contribution >= 0.6 is 11.3 Å². The normalized spacial score (nSPS) is 10.8. The molecule has 5 rings (SSSR count). The maximum absolute atomic E-state index is 13.4. The highest BCUT2D eigenvalue weighted by Gasteiger charge is 2.26. The van der Waals surface area contributed by atoms with Gasteiger partial charge >= 0.3 is 0 Å². The second-order valence-corrected chi connectivity index (χ2v) is 9.77. The van der Waals surface area contributed by atoms with Gasteiger partial charge in [0.15, 0.2) is 4.96 Å². The predicted molar refractivity (Wildman–Crippen MR) is 152 cm³/mol. The predicted octanol–water partition coefficient (Wildman–Crippen LogP) is 5.68. The first kappa shape index (κ1) is 25.9. The number of nitrogens with one attached hydrogen (secondary N) is 2. The molecule has 0 saturated heterocycles. The van der Waals surface area contributed by atoms with Crippen molar-refractivity contribution in [2.75, 3.05) is 5.32 Å². The largest absolute Gasteiger partial charge is 0.457 e. The molecule has 0 saturated carbocycles. The number of anilines is 1. The summed E-state index contributed by atoms with van der Waals surface area (Å²) in [6.07, 6.45) is 1.44. The molecule has 3 aromatic carbocycles. The van der Waals surface area contributed by atoms with Crippen LogP contribution in [0.5, 0.6) is 11.5 Å². The van der Waals surface area contributed by atoms with Gasteiger partial charge in [-0.1, -0.05) is 73.2 Å². The van der Waals surface area contributed by atoms with Crippen LogP contribution in [-0.2, 0) is 13.0 Å². The Hall–Kier alpha value is -4.76. The first-order valence-electron chi connectivity index (χ1n) is 12.5.